The average molecular weight is 397 g/mol. The van der Waals surface area contributed by atoms with Gasteiger partial charge in [-0.25, -0.2) is 4.68 Å². The topological polar surface area (TPSA) is 78.2 Å². The number of hydrogen-bond acceptors (Lipinski definition) is 4. The number of pyridine rings is 1. The summed E-state index contributed by atoms with van der Waals surface area (Å²) in [7, 11) is 0. The van der Waals surface area contributed by atoms with Crippen molar-refractivity contribution in [2.24, 2.45) is 5.10 Å². The average Bonchev–Trinajstić information content (AvgIpc) is 3.18. The van der Waals surface area contributed by atoms with Crippen molar-refractivity contribution in [3.63, 3.8) is 0 Å². The van der Waals surface area contributed by atoms with Gasteiger partial charge in [0.2, 0.25) is 0 Å². The molecule has 4 aromatic rings. The van der Waals surface area contributed by atoms with Gasteiger partial charge in [0.25, 0.3) is 5.56 Å². The molecule has 6 nitrogen and oxygen atoms in total. The molecular weight excluding hydrogens is 374 g/mol. The number of hydrogen-bond donors (Lipinski definition) is 1. The number of nitrogens with two attached hydrogens (primary N) is 1. The zero-order valence-corrected chi connectivity index (χ0v) is 17.0. The number of nitrogen functional groups attached to an aromatic ring is 1. The molecule has 2 aromatic heterocycles. The Morgan fingerprint density at radius 3 is 2.47 bits per heavy atom. The quantitative estimate of drug-likeness (QED) is 0.516. The van der Waals surface area contributed by atoms with Crippen LogP contribution in [0.15, 0.2) is 82.8 Å². The first-order valence-electron chi connectivity index (χ1n) is 9.83. The molecule has 0 radical (unpaired) electrons. The smallest absolute Gasteiger partial charge is 0.273 e. The molecule has 0 bridgehead atoms. The van der Waals surface area contributed by atoms with Crippen molar-refractivity contribution in [3.05, 3.63) is 100.0 Å². The summed E-state index contributed by atoms with van der Waals surface area (Å²) in [5, 5.41) is 9.13. The number of benzene rings is 2. The van der Waals surface area contributed by atoms with Gasteiger partial charge < -0.3 is 5.73 Å². The van der Waals surface area contributed by atoms with Crippen molar-refractivity contribution >= 4 is 12.0 Å². The maximum absolute atomic E-state index is 12.3. The molecule has 2 heterocycles. The normalized spacial score (nSPS) is 11.3. The lowest BCUT2D eigenvalue weighted by Gasteiger charge is -2.04. The lowest BCUT2D eigenvalue weighted by atomic mass is 10.1. The summed E-state index contributed by atoms with van der Waals surface area (Å²) < 4.78 is 3.00. The van der Waals surface area contributed by atoms with Gasteiger partial charge in [0.15, 0.2) is 0 Å². The van der Waals surface area contributed by atoms with E-state index in [4.69, 9.17) is 10.8 Å². The summed E-state index contributed by atoms with van der Waals surface area (Å²) in [6.07, 6.45) is 4.50. The van der Waals surface area contributed by atoms with Crippen LogP contribution in [0.3, 0.4) is 0 Å². The first kappa shape index (κ1) is 19.4. The van der Waals surface area contributed by atoms with Crippen LogP contribution in [-0.2, 0) is 6.42 Å². The Hall–Kier alpha value is -3.93. The third kappa shape index (κ3) is 3.93. The van der Waals surface area contributed by atoms with Crippen LogP contribution in [0, 0.1) is 6.92 Å². The molecule has 0 fully saturated rings. The number of aromatic nitrogens is 3. The van der Waals surface area contributed by atoms with E-state index in [1.165, 1.54) is 16.3 Å². The predicted octanol–water partition coefficient (Wildman–Crippen LogP) is 4.04. The SMILES string of the molecule is CCc1ccc(-c2nn(-c3ccccc3)cc2/C=N\n2c(N)cc(C)cc2=O)cc1. The fourth-order valence-corrected chi connectivity index (χ4v) is 3.28. The maximum Gasteiger partial charge on any atom is 0.273 e. The molecule has 30 heavy (non-hydrogen) atoms. The largest absolute Gasteiger partial charge is 0.384 e. The number of para-hydroxylation sites is 1. The van der Waals surface area contributed by atoms with Crippen LogP contribution in [0.5, 0.6) is 0 Å². The Morgan fingerprint density at radius 1 is 1.07 bits per heavy atom. The first-order valence-corrected chi connectivity index (χ1v) is 9.83. The fraction of sp³-hybridized carbons (Fsp3) is 0.125. The lowest BCUT2D eigenvalue weighted by Crippen LogP contribution is -2.19. The number of rotatable bonds is 5. The van der Waals surface area contributed by atoms with Crippen LogP contribution in [0.2, 0.25) is 0 Å². The molecule has 0 aliphatic rings. The summed E-state index contributed by atoms with van der Waals surface area (Å²) in [4.78, 5) is 12.3. The standard InChI is InChI=1S/C24H23N5O/c1-3-18-9-11-19(12-10-18)24-20(16-28(27-24)21-7-5-4-6-8-21)15-26-29-22(25)13-17(2)14-23(29)30/h4-16H,3,25H2,1-2H3/b26-15-. The molecule has 0 aliphatic heterocycles. The molecule has 4 rings (SSSR count). The van der Waals surface area contributed by atoms with E-state index >= 15 is 0 Å². The Balaban J connectivity index is 1.81. The van der Waals surface area contributed by atoms with Crippen molar-refractivity contribution in [1.29, 1.82) is 0 Å². The molecule has 0 spiro atoms. The van der Waals surface area contributed by atoms with Gasteiger partial charge in [0, 0.05) is 23.4 Å². The molecule has 0 aliphatic carbocycles. The first-order chi connectivity index (χ1) is 14.5. The van der Waals surface area contributed by atoms with Crippen LogP contribution in [-0.4, -0.2) is 20.7 Å². The van der Waals surface area contributed by atoms with Gasteiger partial charge in [0.05, 0.1) is 11.9 Å². The van der Waals surface area contributed by atoms with E-state index in [0.29, 0.717) is 5.82 Å². The van der Waals surface area contributed by atoms with Crippen molar-refractivity contribution < 1.29 is 0 Å². The highest BCUT2D eigenvalue weighted by Gasteiger charge is 2.12. The fourth-order valence-electron chi connectivity index (χ4n) is 3.28. The molecule has 6 heteroatoms. The molecule has 2 aromatic carbocycles. The number of nitrogens with zero attached hydrogens (tertiary/aromatic N) is 4. The molecule has 150 valence electrons. The lowest BCUT2D eigenvalue weighted by molar-refractivity contribution is 0.843. The van der Waals surface area contributed by atoms with E-state index in [2.05, 4.69) is 36.3 Å². The van der Waals surface area contributed by atoms with Crippen LogP contribution in [0.25, 0.3) is 16.9 Å². The van der Waals surface area contributed by atoms with Gasteiger partial charge in [-0.15, -0.1) is 0 Å². The third-order valence-corrected chi connectivity index (χ3v) is 4.89. The molecule has 0 amide bonds. The van der Waals surface area contributed by atoms with Gasteiger partial charge in [-0.3, -0.25) is 4.79 Å². The monoisotopic (exact) mass is 397 g/mol. The van der Waals surface area contributed by atoms with Crippen molar-refractivity contribution in [3.8, 4) is 16.9 Å². The minimum Gasteiger partial charge on any atom is -0.384 e. The third-order valence-electron chi connectivity index (χ3n) is 4.89. The Bertz CT molecular complexity index is 1250. The van der Waals surface area contributed by atoms with Crippen LogP contribution in [0.4, 0.5) is 5.82 Å². The van der Waals surface area contributed by atoms with Crippen LogP contribution >= 0.6 is 0 Å². The Kier molecular flexibility index (Phi) is 5.30. The zero-order chi connectivity index (χ0) is 21.1. The van der Waals surface area contributed by atoms with Crippen LogP contribution < -0.4 is 11.3 Å². The van der Waals surface area contributed by atoms with E-state index < -0.39 is 0 Å². The van der Waals surface area contributed by atoms with Crippen molar-refractivity contribution in [2.75, 3.05) is 5.73 Å². The highest BCUT2D eigenvalue weighted by molar-refractivity contribution is 5.88. The van der Waals surface area contributed by atoms with Crippen molar-refractivity contribution in [2.45, 2.75) is 20.3 Å². The van der Waals surface area contributed by atoms with Gasteiger partial charge >= 0.3 is 0 Å². The van der Waals surface area contributed by atoms with Gasteiger partial charge in [-0.2, -0.15) is 14.9 Å². The van der Waals surface area contributed by atoms with E-state index in [-0.39, 0.29) is 5.56 Å². The van der Waals surface area contributed by atoms with Gasteiger partial charge in [0.1, 0.15) is 11.5 Å². The molecular formula is C24H23N5O. The summed E-state index contributed by atoms with van der Waals surface area (Å²) in [6, 6.07) is 21.4. The highest BCUT2D eigenvalue weighted by Crippen LogP contribution is 2.23. The second-order valence-electron chi connectivity index (χ2n) is 7.12. The summed E-state index contributed by atoms with van der Waals surface area (Å²) in [5.41, 5.74) is 11.3. The molecule has 0 saturated carbocycles. The maximum atomic E-state index is 12.3. The summed E-state index contributed by atoms with van der Waals surface area (Å²) in [5.74, 6) is 0.292. The molecule has 0 atom stereocenters. The molecule has 2 N–H and O–H groups in total. The van der Waals surface area contributed by atoms with E-state index in [1.54, 1.807) is 12.3 Å². The number of anilines is 1. The Morgan fingerprint density at radius 2 is 1.80 bits per heavy atom. The second kappa shape index (κ2) is 8.21. The molecule has 0 unspecified atom stereocenters. The van der Waals surface area contributed by atoms with Crippen LogP contribution in [0.1, 0.15) is 23.6 Å². The van der Waals surface area contributed by atoms with E-state index in [1.807, 2.05) is 48.1 Å². The second-order valence-corrected chi connectivity index (χ2v) is 7.12. The van der Waals surface area contributed by atoms with Gasteiger partial charge in [-0.05, 0) is 42.7 Å². The molecule has 0 saturated heterocycles. The summed E-state index contributed by atoms with van der Waals surface area (Å²) in [6.45, 7) is 3.95. The van der Waals surface area contributed by atoms with Gasteiger partial charge in [-0.1, -0.05) is 49.4 Å². The highest BCUT2D eigenvalue weighted by atomic mass is 16.1. The van der Waals surface area contributed by atoms with Crippen molar-refractivity contribution in [1.82, 2.24) is 14.5 Å². The van der Waals surface area contributed by atoms with E-state index in [0.717, 1.165) is 34.5 Å². The minimum atomic E-state index is -0.270. The minimum absolute atomic E-state index is 0.270. The number of aryl methyl sites for hydroxylation is 2. The summed E-state index contributed by atoms with van der Waals surface area (Å²) >= 11 is 0. The zero-order valence-electron chi connectivity index (χ0n) is 17.0. The van der Waals surface area contributed by atoms with E-state index in [9.17, 15) is 4.79 Å². The predicted molar refractivity (Wildman–Crippen MR) is 121 cm³/mol. The Labute approximate surface area is 174 Å².